The van der Waals surface area contributed by atoms with Gasteiger partial charge < -0.3 is 5.32 Å². The van der Waals surface area contributed by atoms with Crippen LogP contribution in [-0.4, -0.2) is 29.4 Å². The molecule has 0 unspecified atom stereocenters. The van der Waals surface area contributed by atoms with Crippen LogP contribution in [0.2, 0.25) is 0 Å². The van der Waals surface area contributed by atoms with Gasteiger partial charge >= 0.3 is 0 Å². The molecule has 1 aliphatic rings. The number of nitrogens with one attached hydrogen (secondary N) is 1. The Morgan fingerprint density at radius 3 is 2.82 bits per heavy atom. The third kappa shape index (κ3) is 2.18. The zero-order valence-corrected chi connectivity index (χ0v) is 6.63. The lowest BCUT2D eigenvalue weighted by Crippen LogP contribution is -2.41. The number of nitrogens with zero attached hydrogens (tertiary/aromatic N) is 2. The van der Waals surface area contributed by atoms with Crippen molar-refractivity contribution >= 4 is 5.84 Å². The van der Waals surface area contributed by atoms with E-state index in [4.69, 9.17) is 0 Å². The fourth-order valence-electron chi connectivity index (χ4n) is 0.975. The summed E-state index contributed by atoms with van der Waals surface area (Å²) in [6.45, 7) is 4.35. The van der Waals surface area contributed by atoms with Gasteiger partial charge in [0.05, 0.1) is 12.1 Å². The highest BCUT2D eigenvalue weighted by molar-refractivity contribution is 5.85. The Labute approximate surface area is 64.7 Å². The summed E-state index contributed by atoms with van der Waals surface area (Å²) in [5.74, 6) is 0.486. The fourth-order valence-corrected chi connectivity index (χ4v) is 0.975. The lowest BCUT2D eigenvalue weighted by Gasteiger charge is -2.16. The maximum Gasteiger partial charge on any atom is 0.259 e. The fraction of sp³-hybridized carbons (Fsp3) is 0.833. The van der Waals surface area contributed by atoms with Gasteiger partial charge in [-0.25, -0.2) is 0 Å². The maximum absolute atomic E-state index is 10.1. The minimum Gasteiger partial charge on any atom is -0.362 e. The Bertz CT molecular complexity index is 210. The first kappa shape index (κ1) is 7.97. The Hall–Kier alpha value is -1.13. The van der Waals surface area contributed by atoms with Crippen LogP contribution in [-0.2, 0) is 0 Å². The molecule has 1 aliphatic heterocycles. The van der Waals surface area contributed by atoms with Crippen molar-refractivity contribution < 1.29 is 4.92 Å². The number of nitro groups is 1. The number of rotatable bonds is 2. The Kier molecular flexibility index (Phi) is 1.80. The summed E-state index contributed by atoms with van der Waals surface area (Å²) in [5.41, 5.74) is -0.106. The highest BCUT2D eigenvalue weighted by Crippen LogP contribution is 2.08. The number of amidine groups is 1. The average Bonchev–Trinajstić information content (AvgIpc) is 2.08. The van der Waals surface area contributed by atoms with Crippen LogP contribution in [0.25, 0.3) is 0 Å². The van der Waals surface area contributed by atoms with E-state index in [1.807, 2.05) is 13.8 Å². The van der Waals surface area contributed by atoms with Crippen LogP contribution in [0, 0.1) is 10.1 Å². The van der Waals surface area contributed by atoms with Crippen molar-refractivity contribution in [3.8, 4) is 0 Å². The van der Waals surface area contributed by atoms with E-state index in [1.54, 1.807) is 0 Å². The summed E-state index contributed by atoms with van der Waals surface area (Å²) in [5, 5.41) is 13.0. The molecular weight excluding hydrogens is 146 g/mol. The van der Waals surface area contributed by atoms with Crippen LogP contribution in [0.3, 0.4) is 0 Å². The summed E-state index contributed by atoms with van der Waals surface area (Å²) < 4.78 is 0. The van der Waals surface area contributed by atoms with Gasteiger partial charge in [-0.3, -0.25) is 15.1 Å². The molecule has 0 bridgehead atoms. The van der Waals surface area contributed by atoms with E-state index in [1.165, 1.54) is 0 Å². The van der Waals surface area contributed by atoms with Gasteiger partial charge in [0.25, 0.3) is 6.54 Å². The highest BCUT2D eigenvalue weighted by Gasteiger charge is 2.26. The van der Waals surface area contributed by atoms with Gasteiger partial charge in [0, 0.05) is 4.92 Å². The summed E-state index contributed by atoms with van der Waals surface area (Å²) >= 11 is 0. The molecular formula is C6H11N3O2. The van der Waals surface area contributed by atoms with Crippen molar-refractivity contribution in [2.24, 2.45) is 4.99 Å². The molecule has 11 heavy (non-hydrogen) atoms. The summed E-state index contributed by atoms with van der Waals surface area (Å²) in [6.07, 6.45) is 0. The minimum absolute atomic E-state index is 0.106. The van der Waals surface area contributed by atoms with Crippen molar-refractivity contribution in [3.05, 3.63) is 10.1 Å². The van der Waals surface area contributed by atoms with E-state index in [0.29, 0.717) is 12.4 Å². The van der Waals surface area contributed by atoms with Gasteiger partial charge in [0.15, 0.2) is 5.84 Å². The lowest BCUT2D eigenvalue weighted by atomic mass is 10.1. The smallest absolute Gasteiger partial charge is 0.259 e. The molecule has 0 aromatic rings. The molecule has 62 valence electrons. The van der Waals surface area contributed by atoms with Gasteiger partial charge in [-0.05, 0) is 13.8 Å². The summed E-state index contributed by atoms with van der Waals surface area (Å²) in [4.78, 5) is 13.7. The zero-order chi connectivity index (χ0) is 8.48. The normalized spacial score (nSPS) is 20.7. The topological polar surface area (TPSA) is 67.5 Å². The Balaban J connectivity index is 2.47. The second kappa shape index (κ2) is 2.48. The molecule has 5 heteroatoms. The first-order valence-corrected chi connectivity index (χ1v) is 3.43. The van der Waals surface area contributed by atoms with Crippen molar-refractivity contribution in [1.29, 1.82) is 0 Å². The van der Waals surface area contributed by atoms with Gasteiger partial charge in [-0.2, -0.15) is 0 Å². The maximum atomic E-state index is 10.1. The van der Waals surface area contributed by atoms with Gasteiger partial charge in [0.2, 0.25) is 0 Å². The van der Waals surface area contributed by atoms with Crippen LogP contribution < -0.4 is 5.32 Å². The number of hydrogen-bond donors (Lipinski definition) is 1. The molecule has 0 aromatic carbocycles. The van der Waals surface area contributed by atoms with E-state index in [2.05, 4.69) is 10.3 Å². The molecule has 0 spiro atoms. The zero-order valence-electron chi connectivity index (χ0n) is 6.63. The lowest BCUT2D eigenvalue weighted by molar-refractivity contribution is -0.463. The molecule has 1 heterocycles. The first-order valence-electron chi connectivity index (χ1n) is 3.43. The molecule has 0 aromatic heterocycles. The molecule has 0 amide bonds. The van der Waals surface area contributed by atoms with E-state index < -0.39 is 0 Å². The molecule has 0 saturated carbocycles. The number of aliphatic imine (C=N–C) groups is 1. The monoisotopic (exact) mass is 157 g/mol. The predicted molar refractivity (Wildman–Crippen MR) is 41.4 cm³/mol. The highest BCUT2D eigenvalue weighted by atomic mass is 16.6. The van der Waals surface area contributed by atoms with Crippen molar-refractivity contribution in [2.75, 3.05) is 13.1 Å². The SMILES string of the molecule is CC1(C)CN=C(C[N+](=O)[O-])N1. The van der Waals surface area contributed by atoms with Crippen LogP contribution in [0.1, 0.15) is 13.8 Å². The van der Waals surface area contributed by atoms with Crippen molar-refractivity contribution in [2.45, 2.75) is 19.4 Å². The summed E-state index contributed by atoms with van der Waals surface area (Å²) in [6, 6.07) is 0. The quantitative estimate of drug-likeness (QED) is 0.454. The van der Waals surface area contributed by atoms with E-state index in [9.17, 15) is 10.1 Å². The van der Waals surface area contributed by atoms with Gasteiger partial charge in [-0.15, -0.1) is 0 Å². The predicted octanol–water partition coefficient (Wildman–Crippen LogP) is 0.0434. The van der Waals surface area contributed by atoms with E-state index >= 15 is 0 Å². The molecule has 0 radical (unpaired) electrons. The van der Waals surface area contributed by atoms with Gasteiger partial charge in [-0.1, -0.05) is 0 Å². The molecule has 1 N–H and O–H groups in total. The minimum atomic E-state index is -0.382. The average molecular weight is 157 g/mol. The van der Waals surface area contributed by atoms with Crippen molar-refractivity contribution in [1.82, 2.24) is 5.32 Å². The first-order chi connectivity index (χ1) is 4.99. The van der Waals surface area contributed by atoms with E-state index in [-0.39, 0.29) is 17.0 Å². The third-order valence-corrected chi connectivity index (χ3v) is 1.43. The van der Waals surface area contributed by atoms with Crippen LogP contribution in [0.5, 0.6) is 0 Å². The van der Waals surface area contributed by atoms with Crippen LogP contribution in [0.15, 0.2) is 4.99 Å². The molecule has 0 fully saturated rings. The molecule has 0 saturated heterocycles. The Morgan fingerprint density at radius 2 is 2.45 bits per heavy atom. The Morgan fingerprint density at radius 1 is 1.82 bits per heavy atom. The molecule has 0 atom stereocenters. The molecule has 5 nitrogen and oxygen atoms in total. The standard InChI is InChI=1S/C6H11N3O2/c1-6(2)4-7-5(8-6)3-9(10)11/h3-4H2,1-2H3,(H,7,8). The molecule has 0 aliphatic carbocycles. The van der Waals surface area contributed by atoms with Crippen LogP contribution >= 0.6 is 0 Å². The second-order valence-electron chi connectivity index (χ2n) is 3.26. The number of hydrogen-bond acceptors (Lipinski definition) is 4. The molecule has 1 rings (SSSR count). The van der Waals surface area contributed by atoms with Crippen molar-refractivity contribution in [3.63, 3.8) is 0 Å². The van der Waals surface area contributed by atoms with E-state index in [0.717, 1.165) is 0 Å². The largest absolute Gasteiger partial charge is 0.362 e. The summed E-state index contributed by atoms with van der Waals surface area (Å²) in [7, 11) is 0. The van der Waals surface area contributed by atoms with Crippen LogP contribution in [0.4, 0.5) is 0 Å². The third-order valence-electron chi connectivity index (χ3n) is 1.43. The van der Waals surface area contributed by atoms with Gasteiger partial charge in [0.1, 0.15) is 0 Å². The second-order valence-corrected chi connectivity index (χ2v) is 3.26.